The Balaban J connectivity index is 1.40. The molecule has 0 aromatic heterocycles. The first-order valence-electron chi connectivity index (χ1n) is 9.96. The number of amides is 2. The average Bonchev–Trinajstić information content (AvgIpc) is 2.94. The van der Waals surface area contributed by atoms with Gasteiger partial charge in [-0.15, -0.1) is 0 Å². The number of halogens is 1. The van der Waals surface area contributed by atoms with Crippen LogP contribution in [0.1, 0.15) is 20.7 Å². The lowest BCUT2D eigenvalue weighted by molar-refractivity contribution is 0.101. The van der Waals surface area contributed by atoms with Crippen LogP contribution in [0.3, 0.4) is 0 Å². The summed E-state index contributed by atoms with van der Waals surface area (Å²) in [5, 5.41) is 5.74. The van der Waals surface area contributed by atoms with Crippen molar-refractivity contribution in [3.8, 4) is 11.1 Å². The van der Waals surface area contributed by atoms with Crippen LogP contribution < -0.4 is 10.6 Å². The van der Waals surface area contributed by atoms with E-state index in [4.69, 9.17) is 0 Å². The van der Waals surface area contributed by atoms with Crippen molar-refractivity contribution in [1.82, 2.24) is 0 Å². The van der Waals surface area contributed by atoms with Gasteiger partial charge in [0.15, 0.2) is 0 Å². The van der Waals surface area contributed by atoms with E-state index in [1.54, 1.807) is 18.2 Å². The number of hydrogen-bond acceptors (Lipinski definition) is 3. The highest BCUT2D eigenvalue weighted by molar-refractivity contribution is 7.99. The summed E-state index contributed by atoms with van der Waals surface area (Å²) >= 11 is 1.29. The number of hydrogen-bond donors (Lipinski definition) is 2. The van der Waals surface area contributed by atoms with E-state index in [2.05, 4.69) is 10.6 Å². The van der Waals surface area contributed by atoms with Gasteiger partial charge in [0.05, 0.1) is 11.3 Å². The summed E-state index contributed by atoms with van der Waals surface area (Å²) < 4.78 is 13.6. The molecule has 0 unspecified atom stereocenters. The topological polar surface area (TPSA) is 58.2 Å². The maximum Gasteiger partial charge on any atom is 0.256 e. The van der Waals surface area contributed by atoms with Gasteiger partial charge in [0, 0.05) is 21.0 Å². The second kappa shape index (κ2) is 8.32. The van der Waals surface area contributed by atoms with E-state index in [0.29, 0.717) is 27.4 Å². The Morgan fingerprint density at radius 2 is 1.62 bits per heavy atom. The minimum absolute atomic E-state index is 0.287. The Hall–Kier alpha value is -3.90. The van der Waals surface area contributed by atoms with Crippen LogP contribution in [0.4, 0.5) is 15.8 Å². The second-order valence-electron chi connectivity index (χ2n) is 7.31. The average molecular weight is 440 g/mol. The number of carbonyl (C=O) groups excluding carboxylic acids is 2. The van der Waals surface area contributed by atoms with Gasteiger partial charge >= 0.3 is 0 Å². The molecule has 2 N–H and O–H groups in total. The zero-order valence-corrected chi connectivity index (χ0v) is 17.6. The molecule has 2 amide bonds. The van der Waals surface area contributed by atoms with Gasteiger partial charge in [0.2, 0.25) is 0 Å². The van der Waals surface area contributed by atoms with Crippen LogP contribution in [-0.4, -0.2) is 11.8 Å². The van der Waals surface area contributed by atoms with Crippen LogP contribution in [0, 0.1) is 5.82 Å². The molecule has 0 fully saturated rings. The number of rotatable bonds is 3. The summed E-state index contributed by atoms with van der Waals surface area (Å²) in [6.45, 7) is 0. The summed E-state index contributed by atoms with van der Waals surface area (Å²) in [6, 6.07) is 26.7. The Morgan fingerprint density at radius 1 is 0.812 bits per heavy atom. The van der Waals surface area contributed by atoms with Crippen molar-refractivity contribution in [2.45, 2.75) is 9.79 Å². The molecular weight excluding hydrogens is 423 g/mol. The molecule has 5 rings (SSSR count). The van der Waals surface area contributed by atoms with E-state index in [-0.39, 0.29) is 11.8 Å². The Morgan fingerprint density at radius 3 is 2.47 bits per heavy atom. The standard InChI is InChI=1S/C26H17FN2O2S/c27-19-10-11-21-24(15-19)32-23-12-9-18(14-22(23)29-26(21)31)25(30)28-20-8-4-7-17(13-20)16-5-2-1-3-6-16/h1-15H,(H,28,30)(H,29,31). The number of fused-ring (bicyclic) bond motifs is 2. The summed E-state index contributed by atoms with van der Waals surface area (Å²) in [6.07, 6.45) is 0. The molecule has 32 heavy (non-hydrogen) atoms. The third-order valence-corrected chi connectivity index (χ3v) is 6.26. The second-order valence-corrected chi connectivity index (χ2v) is 8.39. The first kappa shape index (κ1) is 20.0. The van der Waals surface area contributed by atoms with Crippen molar-refractivity contribution in [3.05, 3.63) is 108 Å². The van der Waals surface area contributed by atoms with Crippen LogP contribution in [0.25, 0.3) is 11.1 Å². The van der Waals surface area contributed by atoms with Gasteiger partial charge in [-0.25, -0.2) is 4.39 Å². The number of anilines is 2. The van der Waals surface area contributed by atoms with Gasteiger partial charge in [0.25, 0.3) is 11.8 Å². The van der Waals surface area contributed by atoms with Crippen LogP contribution in [0.2, 0.25) is 0 Å². The maximum atomic E-state index is 13.6. The van der Waals surface area contributed by atoms with E-state index in [1.165, 1.54) is 30.0 Å². The molecule has 4 aromatic carbocycles. The summed E-state index contributed by atoms with van der Waals surface area (Å²) in [5.74, 6) is -1.02. The number of nitrogens with one attached hydrogen (secondary N) is 2. The van der Waals surface area contributed by atoms with E-state index >= 15 is 0 Å². The molecule has 0 saturated heterocycles. The largest absolute Gasteiger partial charge is 0.322 e. The number of carbonyl (C=O) groups is 2. The fraction of sp³-hybridized carbons (Fsp3) is 0. The van der Waals surface area contributed by atoms with E-state index in [1.807, 2.05) is 54.6 Å². The molecule has 0 aliphatic carbocycles. The molecule has 1 aliphatic rings. The van der Waals surface area contributed by atoms with Crippen molar-refractivity contribution in [1.29, 1.82) is 0 Å². The Labute approximate surface area is 188 Å². The first-order valence-corrected chi connectivity index (χ1v) is 10.8. The molecule has 0 atom stereocenters. The SMILES string of the molecule is O=C(Nc1cccc(-c2ccccc2)c1)c1ccc2c(c1)NC(=O)c1ccc(F)cc1S2. The molecule has 6 heteroatoms. The molecule has 1 heterocycles. The monoisotopic (exact) mass is 440 g/mol. The Kier molecular flexibility index (Phi) is 5.21. The van der Waals surface area contributed by atoms with E-state index in [9.17, 15) is 14.0 Å². The lowest BCUT2D eigenvalue weighted by Gasteiger charge is -2.11. The van der Waals surface area contributed by atoms with Gasteiger partial charge < -0.3 is 10.6 Å². The third kappa shape index (κ3) is 4.00. The number of benzene rings is 4. The quantitative estimate of drug-likeness (QED) is 0.384. The molecule has 0 saturated carbocycles. The summed E-state index contributed by atoms with van der Waals surface area (Å²) in [5.41, 5.74) is 4.06. The highest BCUT2D eigenvalue weighted by Gasteiger charge is 2.21. The van der Waals surface area contributed by atoms with Crippen molar-refractivity contribution in [2.24, 2.45) is 0 Å². The lowest BCUT2D eigenvalue weighted by Crippen LogP contribution is -2.14. The van der Waals surface area contributed by atoms with E-state index < -0.39 is 5.82 Å². The van der Waals surface area contributed by atoms with Gasteiger partial charge in [-0.1, -0.05) is 54.2 Å². The molecular formula is C26H17FN2O2S. The predicted molar refractivity (Wildman–Crippen MR) is 125 cm³/mol. The molecule has 0 bridgehead atoms. The maximum absolute atomic E-state index is 13.6. The molecule has 0 radical (unpaired) electrons. The zero-order chi connectivity index (χ0) is 22.1. The van der Waals surface area contributed by atoms with Gasteiger partial charge in [-0.2, -0.15) is 0 Å². The Bertz CT molecular complexity index is 1360. The first-order chi connectivity index (χ1) is 15.6. The van der Waals surface area contributed by atoms with E-state index in [0.717, 1.165) is 16.0 Å². The van der Waals surface area contributed by atoms with Crippen LogP contribution in [0.5, 0.6) is 0 Å². The zero-order valence-electron chi connectivity index (χ0n) is 16.8. The molecule has 156 valence electrons. The van der Waals surface area contributed by atoms with Crippen LogP contribution in [0.15, 0.2) is 101 Å². The van der Waals surface area contributed by atoms with Crippen molar-refractivity contribution >= 4 is 35.0 Å². The van der Waals surface area contributed by atoms with Crippen molar-refractivity contribution < 1.29 is 14.0 Å². The molecule has 4 aromatic rings. The van der Waals surface area contributed by atoms with Gasteiger partial charge in [-0.3, -0.25) is 9.59 Å². The fourth-order valence-corrected chi connectivity index (χ4v) is 4.58. The van der Waals surface area contributed by atoms with Gasteiger partial charge in [0.1, 0.15) is 5.82 Å². The van der Waals surface area contributed by atoms with Gasteiger partial charge in [-0.05, 0) is 59.7 Å². The minimum Gasteiger partial charge on any atom is -0.322 e. The van der Waals surface area contributed by atoms with Crippen molar-refractivity contribution in [3.63, 3.8) is 0 Å². The molecule has 1 aliphatic heterocycles. The summed E-state index contributed by atoms with van der Waals surface area (Å²) in [7, 11) is 0. The molecule has 4 nitrogen and oxygen atoms in total. The van der Waals surface area contributed by atoms with Crippen LogP contribution in [-0.2, 0) is 0 Å². The summed E-state index contributed by atoms with van der Waals surface area (Å²) in [4.78, 5) is 26.8. The normalized spacial score (nSPS) is 12.2. The lowest BCUT2D eigenvalue weighted by atomic mass is 10.1. The molecule has 0 spiro atoms. The minimum atomic E-state index is -0.402. The van der Waals surface area contributed by atoms with Crippen molar-refractivity contribution in [2.75, 3.05) is 10.6 Å². The highest BCUT2D eigenvalue weighted by atomic mass is 32.2. The predicted octanol–water partition coefficient (Wildman–Crippen LogP) is 6.46. The third-order valence-electron chi connectivity index (χ3n) is 5.13. The smallest absolute Gasteiger partial charge is 0.256 e. The van der Waals surface area contributed by atoms with Crippen LogP contribution >= 0.6 is 11.8 Å². The fourth-order valence-electron chi connectivity index (χ4n) is 3.54. The highest BCUT2D eigenvalue weighted by Crippen LogP contribution is 2.39.